The fourth-order valence-electron chi connectivity index (χ4n) is 3.01. The topological polar surface area (TPSA) is 23.5 Å². The first-order valence-electron chi connectivity index (χ1n) is 7.34. The zero-order valence-electron chi connectivity index (χ0n) is 12.2. The summed E-state index contributed by atoms with van der Waals surface area (Å²) in [6.45, 7) is 6.49. The van der Waals surface area contributed by atoms with E-state index in [0.29, 0.717) is 16.5 Å². The number of hydrogen-bond donors (Lipinski definition) is 1. The van der Waals surface area contributed by atoms with Gasteiger partial charge in [0, 0.05) is 12.0 Å². The highest BCUT2D eigenvalue weighted by Crippen LogP contribution is 2.31. The fourth-order valence-corrected chi connectivity index (χ4v) is 3.33. The third-order valence-electron chi connectivity index (χ3n) is 4.68. The summed E-state index contributed by atoms with van der Waals surface area (Å²) in [7, 11) is 0. The highest BCUT2D eigenvalue weighted by molar-refractivity contribution is 6.42. The van der Waals surface area contributed by atoms with Crippen molar-refractivity contribution in [2.45, 2.75) is 51.2 Å². The maximum absolute atomic E-state index is 10.7. The first-order chi connectivity index (χ1) is 9.47. The third kappa shape index (κ3) is 3.30. The van der Waals surface area contributed by atoms with Crippen molar-refractivity contribution in [3.63, 3.8) is 0 Å². The Hall–Kier alpha value is -0.280. The summed E-state index contributed by atoms with van der Waals surface area (Å²) in [5.41, 5.74) is 0.869. The smallest absolute Gasteiger partial charge is 0.0761 e. The number of rotatable bonds is 5. The van der Waals surface area contributed by atoms with E-state index in [2.05, 4.69) is 18.7 Å². The Bertz CT molecular complexity index is 460. The largest absolute Gasteiger partial charge is 0.391 e. The molecular formula is C16H23Cl2NO. The second kappa shape index (κ2) is 6.65. The van der Waals surface area contributed by atoms with Gasteiger partial charge < -0.3 is 5.11 Å². The Labute approximate surface area is 131 Å². The molecule has 1 N–H and O–H groups in total. The highest BCUT2D eigenvalue weighted by atomic mass is 35.5. The van der Waals surface area contributed by atoms with Gasteiger partial charge in [-0.2, -0.15) is 0 Å². The molecule has 0 aliphatic carbocycles. The van der Waals surface area contributed by atoms with Gasteiger partial charge in [0.25, 0.3) is 0 Å². The molecule has 1 fully saturated rings. The van der Waals surface area contributed by atoms with Crippen LogP contribution in [0, 0.1) is 0 Å². The number of halogens is 2. The summed E-state index contributed by atoms with van der Waals surface area (Å²) in [6, 6.07) is 5.59. The molecule has 1 heterocycles. The van der Waals surface area contributed by atoms with E-state index in [1.807, 2.05) is 12.1 Å². The van der Waals surface area contributed by atoms with Gasteiger partial charge in [-0.15, -0.1) is 0 Å². The Morgan fingerprint density at radius 3 is 2.45 bits per heavy atom. The molecule has 1 aliphatic heterocycles. The predicted molar refractivity (Wildman–Crippen MR) is 85.7 cm³/mol. The quantitative estimate of drug-likeness (QED) is 0.881. The third-order valence-corrected chi connectivity index (χ3v) is 5.41. The summed E-state index contributed by atoms with van der Waals surface area (Å²) in [5.74, 6) is 0. The van der Waals surface area contributed by atoms with Gasteiger partial charge >= 0.3 is 0 Å². The van der Waals surface area contributed by atoms with Crippen LogP contribution in [0.5, 0.6) is 0 Å². The molecule has 0 saturated carbocycles. The van der Waals surface area contributed by atoms with Crippen LogP contribution in [0.15, 0.2) is 18.2 Å². The van der Waals surface area contributed by atoms with Crippen molar-refractivity contribution in [1.82, 2.24) is 4.90 Å². The highest BCUT2D eigenvalue weighted by Gasteiger charge is 2.38. The van der Waals surface area contributed by atoms with Gasteiger partial charge in [0.05, 0.1) is 16.1 Å². The van der Waals surface area contributed by atoms with Crippen molar-refractivity contribution in [3.05, 3.63) is 33.8 Å². The Balaban J connectivity index is 2.12. The van der Waals surface area contributed by atoms with Crippen LogP contribution in [0.2, 0.25) is 10.0 Å². The van der Waals surface area contributed by atoms with Crippen LogP contribution in [0.1, 0.15) is 38.7 Å². The van der Waals surface area contributed by atoms with E-state index in [0.717, 1.165) is 25.1 Å². The van der Waals surface area contributed by atoms with Gasteiger partial charge in [0.1, 0.15) is 0 Å². The van der Waals surface area contributed by atoms with Crippen LogP contribution in [0.25, 0.3) is 0 Å². The molecule has 0 radical (unpaired) electrons. The van der Waals surface area contributed by atoms with E-state index in [4.69, 9.17) is 23.2 Å². The zero-order chi connectivity index (χ0) is 14.8. The SMILES string of the molecule is CCC(C)(C(O)Cc1ccc(Cl)c(Cl)c1)N1CCCC1. The van der Waals surface area contributed by atoms with Crippen LogP contribution < -0.4 is 0 Å². The Morgan fingerprint density at radius 2 is 1.90 bits per heavy atom. The van der Waals surface area contributed by atoms with E-state index >= 15 is 0 Å². The lowest BCUT2D eigenvalue weighted by atomic mass is 9.86. The lowest BCUT2D eigenvalue weighted by Crippen LogP contribution is -2.53. The summed E-state index contributed by atoms with van der Waals surface area (Å²) in [5, 5.41) is 11.8. The molecule has 0 bridgehead atoms. The van der Waals surface area contributed by atoms with Gasteiger partial charge in [0.2, 0.25) is 0 Å². The summed E-state index contributed by atoms with van der Waals surface area (Å²) in [6.07, 6.45) is 3.61. The van der Waals surface area contributed by atoms with Gasteiger partial charge in [-0.25, -0.2) is 0 Å². The molecule has 1 aliphatic rings. The molecule has 1 saturated heterocycles. The molecule has 0 aromatic heterocycles. The molecule has 1 aromatic carbocycles. The van der Waals surface area contributed by atoms with Gasteiger partial charge in [-0.3, -0.25) is 4.90 Å². The fraction of sp³-hybridized carbons (Fsp3) is 0.625. The number of aliphatic hydroxyl groups is 1. The number of nitrogens with zero attached hydrogens (tertiary/aromatic N) is 1. The van der Waals surface area contributed by atoms with Gasteiger partial charge in [-0.05, 0) is 57.0 Å². The van der Waals surface area contributed by atoms with Crippen LogP contribution in [-0.2, 0) is 6.42 Å². The molecule has 2 nitrogen and oxygen atoms in total. The van der Waals surface area contributed by atoms with Crippen molar-refractivity contribution in [2.75, 3.05) is 13.1 Å². The predicted octanol–water partition coefficient (Wildman–Crippen LogP) is 4.16. The second-order valence-electron chi connectivity index (χ2n) is 5.87. The average molecular weight is 316 g/mol. The van der Waals surface area contributed by atoms with Crippen molar-refractivity contribution < 1.29 is 5.11 Å². The zero-order valence-corrected chi connectivity index (χ0v) is 13.7. The van der Waals surface area contributed by atoms with Gasteiger partial charge in [0.15, 0.2) is 0 Å². The standard InChI is InChI=1S/C16H23Cl2NO/c1-3-16(2,19-8-4-5-9-19)15(20)11-12-6-7-13(17)14(18)10-12/h6-7,10,15,20H,3-5,8-9,11H2,1-2H3. The molecule has 4 heteroatoms. The van der Waals surface area contributed by atoms with E-state index in [-0.39, 0.29) is 5.54 Å². The molecule has 112 valence electrons. The minimum Gasteiger partial charge on any atom is -0.391 e. The lowest BCUT2D eigenvalue weighted by molar-refractivity contribution is -0.0117. The first-order valence-corrected chi connectivity index (χ1v) is 8.10. The van der Waals surface area contributed by atoms with Crippen molar-refractivity contribution in [3.8, 4) is 0 Å². The van der Waals surface area contributed by atoms with Crippen molar-refractivity contribution in [1.29, 1.82) is 0 Å². The molecule has 2 rings (SSSR count). The van der Waals surface area contributed by atoms with E-state index in [1.54, 1.807) is 6.07 Å². The van der Waals surface area contributed by atoms with Crippen LogP contribution in [-0.4, -0.2) is 34.7 Å². The molecule has 0 spiro atoms. The van der Waals surface area contributed by atoms with Crippen molar-refractivity contribution in [2.24, 2.45) is 0 Å². The lowest BCUT2D eigenvalue weighted by Gasteiger charge is -2.42. The van der Waals surface area contributed by atoms with E-state index in [9.17, 15) is 5.11 Å². The normalized spacial score (nSPS) is 20.9. The number of hydrogen-bond acceptors (Lipinski definition) is 2. The maximum Gasteiger partial charge on any atom is 0.0761 e. The van der Waals surface area contributed by atoms with Crippen LogP contribution >= 0.6 is 23.2 Å². The van der Waals surface area contributed by atoms with E-state index in [1.165, 1.54) is 12.8 Å². The minimum absolute atomic E-state index is 0.164. The summed E-state index contributed by atoms with van der Waals surface area (Å²) < 4.78 is 0. The van der Waals surface area contributed by atoms with Crippen LogP contribution in [0.3, 0.4) is 0 Å². The Kier molecular flexibility index (Phi) is 5.36. The second-order valence-corrected chi connectivity index (χ2v) is 6.69. The molecule has 2 unspecified atom stereocenters. The first kappa shape index (κ1) is 16.1. The Morgan fingerprint density at radius 1 is 1.25 bits per heavy atom. The van der Waals surface area contributed by atoms with Gasteiger partial charge in [-0.1, -0.05) is 36.2 Å². The van der Waals surface area contributed by atoms with Crippen LogP contribution in [0.4, 0.5) is 0 Å². The molecule has 0 amide bonds. The maximum atomic E-state index is 10.7. The minimum atomic E-state index is -0.400. The number of aliphatic hydroxyl groups excluding tert-OH is 1. The molecule has 20 heavy (non-hydrogen) atoms. The summed E-state index contributed by atoms with van der Waals surface area (Å²) >= 11 is 12.0. The number of likely N-dealkylation sites (tertiary alicyclic amines) is 1. The molecule has 2 atom stereocenters. The van der Waals surface area contributed by atoms with E-state index < -0.39 is 6.10 Å². The number of benzene rings is 1. The molecule has 1 aromatic rings. The summed E-state index contributed by atoms with van der Waals surface area (Å²) in [4.78, 5) is 2.43. The average Bonchev–Trinajstić information content (AvgIpc) is 2.96. The monoisotopic (exact) mass is 315 g/mol. The van der Waals surface area contributed by atoms with Crippen molar-refractivity contribution >= 4 is 23.2 Å². The molecular weight excluding hydrogens is 293 g/mol.